The molecule has 1 fully saturated rings. The molecule has 0 bridgehead atoms. The second kappa shape index (κ2) is 7.62. The standard InChI is InChI=1S/C20H20Cl2N4O2/c1-13-15(21)12-26-18(28)10-14(23-20(26)19(13)22)11-24-6-8-25(9-7-24)16-4-2-3-5-17(16)27/h2-5,10,12,27H,6-9,11H2,1H3. The van der Waals surface area contributed by atoms with E-state index in [9.17, 15) is 9.90 Å². The maximum atomic E-state index is 12.5. The molecule has 3 heterocycles. The van der Waals surface area contributed by atoms with Crippen LogP contribution >= 0.6 is 23.2 Å². The Bertz CT molecular complexity index is 1090. The zero-order chi connectivity index (χ0) is 19.8. The second-order valence-electron chi connectivity index (χ2n) is 6.95. The number of rotatable bonds is 3. The van der Waals surface area contributed by atoms with Gasteiger partial charge in [0.2, 0.25) is 0 Å². The Morgan fingerprint density at radius 1 is 1.14 bits per heavy atom. The van der Waals surface area contributed by atoms with Gasteiger partial charge in [0, 0.05) is 45.0 Å². The molecule has 1 N–H and O–H groups in total. The Hall–Kier alpha value is -2.28. The van der Waals surface area contributed by atoms with E-state index >= 15 is 0 Å². The number of piperazine rings is 1. The third kappa shape index (κ3) is 3.55. The Morgan fingerprint density at radius 2 is 1.86 bits per heavy atom. The predicted octanol–water partition coefficient (Wildman–Crippen LogP) is 3.34. The van der Waals surface area contributed by atoms with Crippen LogP contribution in [-0.4, -0.2) is 45.6 Å². The first-order valence-corrected chi connectivity index (χ1v) is 9.82. The number of phenols is 1. The first-order valence-electron chi connectivity index (χ1n) is 9.06. The number of halogens is 2. The Kier molecular flexibility index (Phi) is 5.19. The summed E-state index contributed by atoms with van der Waals surface area (Å²) in [6.07, 6.45) is 1.56. The lowest BCUT2D eigenvalue weighted by Gasteiger charge is -2.36. The Morgan fingerprint density at radius 3 is 2.57 bits per heavy atom. The van der Waals surface area contributed by atoms with Crippen molar-refractivity contribution < 1.29 is 5.11 Å². The van der Waals surface area contributed by atoms with E-state index in [0.29, 0.717) is 39.2 Å². The first kappa shape index (κ1) is 19.1. The summed E-state index contributed by atoms with van der Waals surface area (Å²) >= 11 is 12.5. The number of hydrogen-bond donors (Lipinski definition) is 1. The van der Waals surface area contributed by atoms with Crippen LogP contribution in [0.25, 0.3) is 5.65 Å². The maximum Gasteiger partial charge on any atom is 0.258 e. The molecule has 0 radical (unpaired) electrons. The quantitative estimate of drug-likeness (QED) is 0.706. The maximum absolute atomic E-state index is 12.5. The topological polar surface area (TPSA) is 61.1 Å². The summed E-state index contributed by atoms with van der Waals surface area (Å²) in [4.78, 5) is 21.5. The van der Waals surface area contributed by atoms with Gasteiger partial charge in [-0.15, -0.1) is 0 Å². The average molecular weight is 419 g/mol. The van der Waals surface area contributed by atoms with Gasteiger partial charge in [0.1, 0.15) is 5.75 Å². The lowest BCUT2D eigenvalue weighted by atomic mass is 10.2. The number of hydrogen-bond acceptors (Lipinski definition) is 5. The summed E-state index contributed by atoms with van der Waals surface area (Å²) in [5.41, 5.74) is 2.48. The van der Waals surface area contributed by atoms with Crippen molar-refractivity contribution in [2.75, 3.05) is 31.1 Å². The minimum Gasteiger partial charge on any atom is -0.506 e. The molecule has 0 aliphatic carbocycles. The summed E-state index contributed by atoms with van der Waals surface area (Å²) < 4.78 is 1.39. The van der Waals surface area contributed by atoms with E-state index in [2.05, 4.69) is 14.8 Å². The van der Waals surface area contributed by atoms with E-state index in [1.807, 2.05) is 25.1 Å². The van der Waals surface area contributed by atoms with Gasteiger partial charge in [-0.1, -0.05) is 35.3 Å². The minimum atomic E-state index is -0.198. The number of aromatic nitrogens is 2. The molecule has 28 heavy (non-hydrogen) atoms. The summed E-state index contributed by atoms with van der Waals surface area (Å²) in [5, 5.41) is 10.9. The van der Waals surface area contributed by atoms with Gasteiger partial charge in [-0.2, -0.15) is 0 Å². The van der Waals surface area contributed by atoms with Crippen molar-refractivity contribution in [2.24, 2.45) is 0 Å². The molecular formula is C20H20Cl2N4O2. The minimum absolute atomic E-state index is 0.198. The van der Waals surface area contributed by atoms with E-state index in [0.717, 1.165) is 31.9 Å². The molecule has 1 saturated heterocycles. The van der Waals surface area contributed by atoms with E-state index in [1.165, 1.54) is 10.5 Å². The van der Waals surface area contributed by atoms with Crippen LogP contribution < -0.4 is 10.5 Å². The van der Waals surface area contributed by atoms with Gasteiger partial charge in [-0.3, -0.25) is 14.1 Å². The smallest absolute Gasteiger partial charge is 0.258 e. The average Bonchev–Trinajstić information content (AvgIpc) is 2.68. The summed E-state index contributed by atoms with van der Waals surface area (Å²) in [5.74, 6) is 0.295. The molecule has 2 aromatic heterocycles. The molecule has 8 heteroatoms. The van der Waals surface area contributed by atoms with Gasteiger partial charge >= 0.3 is 0 Å². The van der Waals surface area contributed by atoms with Crippen LogP contribution in [-0.2, 0) is 6.54 Å². The molecule has 1 aliphatic rings. The number of para-hydroxylation sites is 2. The van der Waals surface area contributed by atoms with Crippen LogP contribution in [0, 0.1) is 6.92 Å². The zero-order valence-corrected chi connectivity index (χ0v) is 16.9. The molecule has 3 aromatic rings. The highest BCUT2D eigenvalue weighted by atomic mass is 35.5. The molecule has 0 spiro atoms. The van der Waals surface area contributed by atoms with Gasteiger partial charge in [0.25, 0.3) is 5.56 Å². The van der Waals surface area contributed by atoms with Crippen LogP contribution in [0.1, 0.15) is 11.3 Å². The molecule has 6 nitrogen and oxygen atoms in total. The number of pyridine rings is 1. The molecule has 0 atom stereocenters. The fourth-order valence-corrected chi connectivity index (χ4v) is 3.97. The molecular weight excluding hydrogens is 399 g/mol. The van der Waals surface area contributed by atoms with Gasteiger partial charge in [-0.25, -0.2) is 4.98 Å². The molecule has 0 amide bonds. The van der Waals surface area contributed by atoms with Crippen molar-refractivity contribution in [3.8, 4) is 5.75 Å². The monoisotopic (exact) mass is 418 g/mol. The van der Waals surface area contributed by atoms with E-state index in [-0.39, 0.29) is 5.56 Å². The van der Waals surface area contributed by atoms with Crippen LogP contribution in [0.2, 0.25) is 10.0 Å². The highest BCUT2D eigenvalue weighted by Crippen LogP contribution is 2.28. The number of phenolic OH excluding ortho intramolecular Hbond substituents is 1. The third-order valence-corrected chi connectivity index (χ3v) is 5.95. The molecule has 1 aromatic carbocycles. The van der Waals surface area contributed by atoms with Gasteiger partial charge < -0.3 is 10.0 Å². The molecule has 0 saturated carbocycles. The third-order valence-electron chi connectivity index (χ3n) is 5.11. The van der Waals surface area contributed by atoms with Gasteiger partial charge in [0.05, 0.1) is 21.4 Å². The number of benzene rings is 1. The lowest BCUT2D eigenvalue weighted by Crippen LogP contribution is -2.46. The van der Waals surface area contributed by atoms with Crippen molar-refractivity contribution in [2.45, 2.75) is 13.5 Å². The largest absolute Gasteiger partial charge is 0.506 e. The second-order valence-corrected chi connectivity index (χ2v) is 7.73. The van der Waals surface area contributed by atoms with Gasteiger partial charge in [-0.05, 0) is 24.6 Å². The highest BCUT2D eigenvalue weighted by Gasteiger charge is 2.20. The van der Waals surface area contributed by atoms with Crippen LogP contribution in [0.3, 0.4) is 0 Å². The SMILES string of the molecule is Cc1c(Cl)cn2c(=O)cc(CN3CCN(c4ccccc4O)CC3)nc2c1Cl. The van der Waals surface area contributed by atoms with Gasteiger partial charge in [0.15, 0.2) is 5.65 Å². The highest BCUT2D eigenvalue weighted by molar-refractivity contribution is 6.37. The van der Waals surface area contributed by atoms with Crippen molar-refractivity contribution in [3.63, 3.8) is 0 Å². The van der Waals surface area contributed by atoms with Crippen molar-refractivity contribution in [1.82, 2.24) is 14.3 Å². The number of fused-ring (bicyclic) bond motifs is 1. The fourth-order valence-electron chi connectivity index (χ4n) is 3.49. The Labute approximate surface area is 172 Å². The first-order chi connectivity index (χ1) is 13.4. The normalized spacial score (nSPS) is 15.3. The Balaban J connectivity index is 1.52. The predicted molar refractivity (Wildman–Crippen MR) is 112 cm³/mol. The number of anilines is 1. The van der Waals surface area contributed by atoms with Crippen molar-refractivity contribution in [3.05, 3.63) is 68.2 Å². The zero-order valence-electron chi connectivity index (χ0n) is 15.4. The summed E-state index contributed by atoms with van der Waals surface area (Å²) in [7, 11) is 0. The van der Waals surface area contributed by atoms with Crippen LogP contribution in [0.15, 0.2) is 41.3 Å². The molecule has 4 rings (SSSR count). The van der Waals surface area contributed by atoms with E-state index in [4.69, 9.17) is 23.2 Å². The number of nitrogens with zero attached hydrogens (tertiary/aromatic N) is 4. The number of aromatic hydroxyl groups is 1. The lowest BCUT2D eigenvalue weighted by molar-refractivity contribution is 0.246. The van der Waals surface area contributed by atoms with Crippen LogP contribution in [0.5, 0.6) is 5.75 Å². The van der Waals surface area contributed by atoms with E-state index in [1.54, 1.807) is 12.3 Å². The molecule has 0 unspecified atom stereocenters. The van der Waals surface area contributed by atoms with E-state index < -0.39 is 0 Å². The van der Waals surface area contributed by atoms with Crippen molar-refractivity contribution >= 4 is 34.5 Å². The molecule has 1 aliphatic heterocycles. The fraction of sp³-hybridized carbons (Fsp3) is 0.300. The summed E-state index contributed by atoms with van der Waals surface area (Å²) in [6.45, 7) is 5.57. The van der Waals surface area contributed by atoms with Crippen molar-refractivity contribution in [1.29, 1.82) is 0 Å². The van der Waals surface area contributed by atoms with Crippen LogP contribution in [0.4, 0.5) is 5.69 Å². The molecule has 146 valence electrons. The summed E-state index contributed by atoms with van der Waals surface area (Å²) in [6, 6.07) is 8.90.